The molecule has 1 saturated heterocycles. The SMILES string of the molecule is CN(CC(=O)Nc1ccc(N2CCOCC2)cc1)C(=O)/C=C\c1ccco1. The molecule has 2 amide bonds. The van der Waals surface area contributed by atoms with E-state index in [4.69, 9.17) is 9.15 Å². The molecule has 1 aromatic carbocycles. The molecule has 1 aliphatic rings. The van der Waals surface area contributed by atoms with Crippen molar-refractivity contribution in [2.24, 2.45) is 0 Å². The van der Waals surface area contributed by atoms with Crippen LogP contribution in [0.15, 0.2) is 53.2 Å². The Morgan fingerprint density at radius 1 is 1.19 bits per heavy atom. The van der Waals surface area contributed by atoms with Crippen LogP contribution in [0.3, 0.4) is 0 Å². The van der Waals surface area contributed by atoms with Crippen LogP contribution >= 0.6 is 0 Å². The molecule has 3 rings (SSSR count). The zero-order chi connectivity index (χ0) is 19.1. The number of rotatable bonds is 6. The topological polar surface area (TPSA) is 75.0 Å². The standard InChI is InChI=1S/C20H23N3O4/c1-22(20(25)9-8-18-3-2-12-27-18)15-19(24)21-16-4-6-17(7-5-16)23-10-13-26-14-11-23/h2-9,12H,10-11,13-15H2,1H3,(H,21,24)/b9-8-. The molecule has 2 heterocycles. The van der Waals surface area contributed by atoms with Gasteiger partial charge in [-0.1, -0.05) is 0 Å². The van der Waals surface area contributed by atoms with Crippen LogP contribution in [0.4, 0.5) is 11.4 Å². The summed E-state index contributed by atoms with van der Waals surface area (Å²) >= 11 is 0. The number of ether oxygens (including phenoxy) is 1. The van der Waals surface area contributed by atoms with Crippen LogP contribution in [-0.2, 0) is 14.3 Å². The number of furan rings is 1. The van der Waals surface area contributed by atoms with Gasteiger partial charge in [0.1, 0.15) is 5.76 Å². The van der Waals surface area contributed by atoms with Gasteiger partial charge in [-0.15, -0.1) is 0 Å². The Morgan fingerprint density at radius 2 is 1.93 bits per heavy atom. The normalized spacial score (nSPS) is 14.3. The van der Waals surface area contributed by atoms with E-state index in [1.165, 1.54) is 17.2 Å². The Hall–Kier alpha value is -3.06. The lowest BCUT2D eigenvalue weighted by molar-refractivity contribution is -0.129. The summed E-state index contributed by atoms with van der Waals surface area (Å²) in [5.74, 6) is 0.0575. The second-order valence-electron chi connectivity index (χ2n) is 6.24. The van der Waals surface area contributed by atoms with E-state index >= 15 is 0 Å². The van der Waals surface area contributed by atoms with E-state index in [2.05, 4.69) is 10.2 Å². The van der Waals surface area contributed by atoms with E-state index in [9.17, 15) is 9.59 Å². The molecule has 0 unspecified atom stereocenters. The van der Waals surface area contributed by atoms with E-state index in [1.807, 2.05) is 24.3 Å². The Morgan fingerprint density at radius 3 is 2.59 bits per heavy atom. The molecule has 2 aromatic rings. The number of anilines is 2. The molecule has 0 radical (unpaired) electrons. The van der Waals surface area contributed by atoms with Crippen molar-refractivity contribution in [2.45, 2.75) is 0 Å². The Kier molecular flexibility index (Phi) is 6.27. The van der Waals surface area contributed by atoms with Gasteiger partial charge < -0.3 is 24.3 Å². The van der Waals surface area contributed by atoms with E-state index in [0.717, 1.165) is 32.0 Å². The number of morpholine rings is 1. The van der Waals surface area contributed by atoms with Crippen molar-refractivity contribution in [1.82, 2.24) is 4.90 Å². The molecule has 0 atom stereocenters. The fraction of sp³-hybridized carbons (Fsp3) is 0.300. The van der Waals surface area contributed by atoms with Crippen LogP contribution in [-0.4, -0.2) is 56.6 Å². The molecular formula is C20H23N3O4. The molecule has 27 heavy (non-hydrogen) atoms. The Balaban J connectivity index is 1.48. The molecule has 1 fully saturated rings. The van der Waals surface area contributed by atoms with Crippen molar-refractivity contribution >= 4 is 29.3 Å². The fourth-order valence-electron chi connectivity index (χ4n) is 2.74. The maximum atomic E-state index is 12.2. The number of carbonyl (C=O) groups excluding carboxylic acids is 2. The minimum Gasteiger partial charge on any atom is -0.465 e. The molecule has 1 N–H and O–H groups in total. The van der Waals surface area contributed by atoms with Crippen LogP contribution in [0.25, 0.3) is 6.08 Å². The number of nitrogens with zero attached hydrogens (tertiary/aromatic N) is 2. The molecule has 1 aliphatic heterocycles. The smallest absolute Gasteiger partial charge is 0.246 e. The molecule has 7 heteroatoms. The van der Waals surface area contributed by atoms with Crippen molar-refractivity contribution in [3.05, 3.63) is 54.5 Å². The highest BCUT2D eigenvalue weighted by atomic mass is 16.5. The first-order valence-corrected chi connectivity index (χ1v) is 8.81. The summed E-state index contributed by atoms with van der Waals surface area (Å²) < 4.78 is 10.5. The highest BCUT2D eigenvalue weighted by Gasteiger charge is 2.13. The second kappa shape index (κ2) is 9.05. The largest absolute Gasteiger partial charge is 0.465 e. The maximum absolute atomic E-state index is 12.2. The summed E-state index contributed by atoms with van der Waals surface area (Å²) in [7, 11) is 1.58. The van der Waals surface area contributed by atoms with Crippen molar-refractivity contribution in [3.8, 4) is 0 Å². The predicted octanol–water partition coefficient (Wildman–Crippen LogP) is 2.23. The van der Waals surface area contributed by atoms with Gasteiger partial charge >= 0.3 is 0 Å². The van der Waals surface area contributed by atoms with Gasteiger partial charge in [0.2, 0.25) is 11.8 Å². The van der Waals surface area contributed by atoms with Crippen LogP contribution < -0.4 is 10.2 Å². The summed E-state index contributed by atoms with van der Waals surface area (Å²) in [5.41, 5.74) is 1.80. The molecule has 0 spiro atoms. The van der Waals surface area contributed by atoms with Gasteiger partial charge in [0.05, 0.1) is 26.0 Å². The lowest BCUT2D eigenvalue weighted by Crippen LogP contribution is -2.36. The van der Waals surface area contributed by atoms with E-state index in [1.54, 1.807) is 25.3 Å². The third-order valence-corrected chi connectivity index (χ3v) is 4.22. The maximum Gasteiger partial charge on any atom is 0.246 e. The number of hydrogen-bond acceptors (Lipinski definition) is 5. The highest BCUT2D eigenvalue weighted by molar-refractivity contribution is 5.97. The summed E-state index contributed by atoms with van der Waals surface area (Å²) in [6.07, 6.45) is 4.48. The quantitative estimate of drug-likeness (QED) is 0.791. The van der Waals surface area contributed by atoms with Gasteiger partial charge in [-0.3, -0.25) is 9.59 Å². The monoisotopic (exact) mass is 369 g/mol. The van der Waals surface area contributed by atoms with Crippen molar-refractivity contribution in [3.63, 3.8) is 0 Å². The average molecular weight is 369 g/mol. The lowest BCUT2D eigenvalue weighted by Gasteiger charge is -2.28. The molecule has 0 aliphatic carbocycles. The first kappa shape index (κ1) is 18.7. The third kappa shape index (κ3) is 5.46. The number of likely N-dealkylation sites (N-methyl/N-ethyl adjacent to an activating group) is 1. The van der Waals surface area contributed by atoms with E-state index in [-0.39, 0.29) is 18.4 Å². The van der Waals surface area contributed by atoms with Crippen molar-refractivity contribution in [2.75, 3.05) is 50.1 Å². The van der Waals surface area contributed by atoms with E-state index in [0.29, 0.717) is 11.4 Å². The van der Waals surface area contributed by atoms with Crippen LogP contribution in [0.1, 0.15) is 5.76 Å². The van der Waals surface area contributed by atoms with Crippen LogP contribution in [0, 0.1) is 0 Å². The molecule has 0 saturated carbocycles. The van der Waals surface area contributed by atoms with Gasteiger partial charge in [0.15, 0.2) is 0 Å². The summed E-state index contributed by atoms with van der Waals surface area (Å²) in [4.78, 5) is 27.8. The average Bonchev–Trinajstić information content (AvgIpc) is 3.21. The summed E-state index contributed by atoms with van der Waals surface area (Å²) in [6.45, 7) is 3.15. The van der Waals surface area contributed by atoms with Crippen molar-refractivity contribution < 1.29 is 18.7 Å². The van der Waals surface area contributed by atoms with Gasteiger partial charge in [0, 0.05) is 37.6 Å². The Labute approximate surface area is 158 Å². The van der Waals surface area contributed by atoms with Gasteiger partial charge in [-0.25, -0.2) is 0 Å². The summed E-state index contributed by atoms with van der Waals surface area (Å²) in [6, 6.07) is 11.2. The number of benzene rings is 1. The van der Waals surface area contributed by atoms with Gasteiger partial charge in [-0.2, -0.15) is 0 Å². The minimum absolute atomic E-state index is 0.0352. The van der Waals surface area contributed by atoms with Crippen LogP contribution in [0.2, 0.25) is 0 Å². The molecule has 142 valence electrons. The van der Waals surface area contributed by atoms with E-state index < -0.39 is 0 Å². The first-order chi connectivity index (χ1) is 13.1. The zero-order valence-corrected chi connectivity index (χ0v) is 15.3. The number of hydrogen-bond donors (Lipinski definition) is 1. The lowest BCUT2D eigenvalue weighted by atomic mass is 10.2. The molecular weight excluding hydrogens is 346 g/mol. The third-order valence-electron chi connectivity index (χ3n) is 4.22. The predicted molar refractivity (Wildman–Crippen MR) is 103 cm³/mol. The zero-order valence-electron chi connectivity index (χ0n) is 15.3. The van der Waals surface area contributed by atoms with Gasteiger partial charge in [0.25, 0.3) is 0 Å². The minimum atomic E-state index is -0.274. The molecule has 0 bridgehead atoms. The highest BCUT2D eigenvalue weighted by Crippen LogP contribution is 2.19. The second-order valence-corrected chi connectivity index (χ2v) is 6.24. The van der Waals surface area contributed by atoms with Crippen molar-refractivity contribution in [1.29, 1.82) is 0 Å². The number of carbonyl (C=O) groups is 2. The van der Waals surface area contributed by atoms with Crippen LogP contribution in [0.5, 0.6) is 0 Å². The van der Waals surface area contributed by atoms with Gasteiger partial charge in [-0.05, 0) is 42.5 Å². The molecule has 1 aromatic heterocycles. The Bertz CT molecular complexity index is 778. The number of amides is 2. The first-order valence-electron chi connectivity index (χ1n) is 8.81. The number of nitrogens with one attached hydrogen (secondary N) is 1. The summed E-state index contributed by atoms with van der Waals surface area (Å²) in [5, 5.41) is 2.81. The fourth-order valence-corrected chi connectivity index (χ4v) is 2.74. The molecule has 7 nitrogen and oxygen atoms in total.